The lowest BCUT2D eigenvalue weighted by molar-refractivity contribution is -0.0715. The second-order valence-corrected chi connectivity index (χ2v) is 6.94. The van der Waals surface area contributed by atoms with E-state index in [0.717, 1.165) is 19.4 Å². The summed E-state index contributed by atoms with van der Waals surface area (Å²) in [6.07, 6.45) is 2.71. The van der Waals surface area contributed by atoms with Crippen LogP contribution in [-0.2, 0) is 0 Å². The Bertz CT molecular complexity index is 257. The van der Waals surface area contributed by atoms with Gasteiger partial charge in [-0.2, -0.15) is 0 Å². The number of rotatable bonds is 1. The van der Waals surface area contributed by atoms with E-state index in [0.29, 0.717) is 11.6 Å². The summed E-state index contributed by atoms with van der Waals surface area (Å²) in [5.41, 5.74) is 0.311. The molecule has 0 aromatic heterocycles. The molecule has 1 unspecified atom stereocenters. The molecule has 2 fully saturated rings. The first-order valence-electron chi connectivity index (χ1n) is 7.11. The second kappa shape index (κ2) is 4.87. The van der Waals surface area contributed by atoms with Crippen LogP contribution in [0.15, 0.2) is 0 Å². The van der Waals surface area contributed by atoms with Crippen molar-refractivity contribution in [2.24, 2.45) is 0 Å². The van der Waals surface area contributed by atoms with Crippen LogP contribution in [0.25, 0.3) is 0 Å². The van der Waals surface area contributed by atoms with Gasteiger partial charge in [-0.25, -0.2) is 0 Å². The summed E-state index contributed by atoms with van der Waals surface area (Å²) in [4.78, 5) is 7.90. The molecule has 3 heteroatoms. The highest BCUT2D eigenvalue weighted by atomic mass is 15.4. The predicted octanol–water partition coefficient (Wildman–Crippen LogP) is 2.19. The summed E-state index contributed by atoms with van der Waals surface area (Å²) in [7, 11) is 0. The molecule has 17 heavy (non-hydrogen) atoms. The number of fused-ring (bicyclic) bond motifs is 1. The SMILES string of the molecule is CC(C)N1CCC2CCN(C(C)(C)C)CN2C1. The molecule has 0 aromatic carbocycles. The quantitative estimate of drug-likeness (QED) is 0.694. The van der Waals surface area contributed by atoms with Crippen molar-refractivity contribution in [1.29, 1.82) is 0 Å². The molecule has 1 atom stereocenters. The summed E-state index contributed by atoms with van der Waals surface area (Å²) >= 11 is 0. The Morgan fingerprint density at radius 2 is 1.65 bits per heavy atom. The van der Waals surface area contributed by atoms with E-state index in [1.54, 1.807) is 0 Å². The Kier molecular flexibility index (Phi) is 3.81. The van der Waals surface area contributed by atoms with Gasteiger partial charge in [0.15, 0.2) is 0 Å². The van der Waals surface area contributed by atoms with E-state index < -0.39 is 0 Å². The topological polar surface area (TPSA) is 9.72 Å². The first-order valence-corrected chi connectivity index (χ1v) is 7.11. The van der Waals surface area contributed by atoms with Crippen molar-refractivity contribution in [3.05, 3.63) is 0 Å². The summed E-state index contributed by atoms with van der Waals surface area (Å²) in [5.74, 6) is 0. The monoisotopic (exact) mass is 239 g/mol. The molecular weight excluding hydrogens is 210 g/mol. The molecule has 2 aliphatic rings. The predicted molar refractivity (Wildman–Crippen MR) is 72.9 cm³/mol. The highest BCUT2D eigenvalue weighted by Gasteiger charge is 2.35. The average molecular weight is 239 g/mol. The molecule has 2 saturated heterocycles. The lowest BCUT2D eigenvalue weighted by Gasteiger charge is -2.51. The standard InChI is InChI=1S/C14H29N3/c1-12(2)15-8-6-13-7-9-17(14(3,4)5)11-16(13)10-15/h12-13H,6-11H2,1-5H3. The summed E-state index contributed by atoms with van der Waals surface area (Å²) in [6, 6.07) is 1.52. The van der Waals surface area contributed by atoms with Gasteiger partial charge < -0.3 is 0 Å². The van der Waals surface area contributed by atoms with Gasteiger partial charge in [0.25, 0.3) is 0 Å². The van der Waals surface area contributed by atoms with Crippen LogP contribution < -0.4 is 0 Å². The fourth-order valence-electron chi connectivity index (χ4n) is 2.97. The van der Waals surface area contributed by atoms with E-state index in [2.05, 4.69) is 49.3 Å². The van der Waals surface area contributed by atoms with E-state index in [1.807, 2.05) is 0 Å². The third-order valence-corrected chi connectivity index (χ3v) is 4.39. The summed E-state index contributed by atoms with van der Waals surface area (Å²) in [5, 5.41) is 0. The Hall–Kier alpha value is -0.120. The molecule has 0 amide bonds. The zero-order chi connectivity index (χ0) is 12.6. The van der Waals surface area contributed by atoms with Crippen LogP contribution >= 0.6 is 0 Å². The Morgan fingerprint density at radius 3 is 2.24 bits per heavy atom. The van der Waals surface area contributed by atoms with Crippen LogP contribution in [0.4, 0.5) is 0 Å². The van der Waals surface area contributed by atoms with Crippen molar-refractivity contribution in [3.8, 4) is 0 Å². The van der Waals surface area contributed by atoms with Gasteiger partial charge in [-0.1, -0.05) is 0 Å². The lowest BCUT2D eigenvalue weighted by atomic mass is 9.99. The zero-order valence-corrected chi connectivity index (χ0v) is 12.2. The van der Waals surface area contributed by atoms with Crippen LogP contribution in [-0.4, -0.2) is 58.7 Å². The molecule has 0 N–H and O–H groups in total. The molecule has 3 nitrogen and oxygen atoms in total. The minimum atomic E-state index is 0.311. The Balaban J connectivity index is 1.97. The minimum absolute atomic E-state index is 0.311. The van der Waals surface area contributed by atoms with E-state index >= 15 is 0 Å². The van der Waals surface area contributed by atoms with Crippen molar-refractivity contribution in [2.45, 2.75) is 65.1 Å². The first-order chi connectivity index (χ1) is 7.88. The number of hydrogen-bond acceptors (Lipinski definition) is 3. The number of nitrogens with zero attached hydrogens (tertiary/aromatic N) is 3. The van der Waals surface area contributed by atoms with Crippen LogP contribution in [0.2, 0.25) is 0 Å². The van der Waals surface area contributed by atoms with Gasteiger partial charge in [-0.05, 0) is 47.5 Å². The average Bonchev–Trinajstić information content (AvgIpc) is 2.26. The number of hydrogen-bond donors (Lipinski definition) is 0. The molecule has 0 spiro atoms. The van der Waals surface area contributed by atoms with Crippen molar-refractivity contribution in [3.63, 3.8) is 0 Å². The van der Waals surface area contributed by atoms with E-state index in [4.69, 9.17) is 0 Å². The first kappa shape index (κ1) is 13.3. The maximum Gasteiger partial charge on any atom is 0.0525 e. The highest BCUT2D eigenvalue weighted by molar-refractivity contribution is 4.88. The van der Waals surface area contributed by atoms with Gasteiger partial charge in [0.2, 0.25) is 0 Å². The minimum Gasteiger partial charge on any atom is -0.288 e. The van der Waals surface area contributed by atoms with Gasteiger partial charge in [0.1, 0.15) is 0 Å². The largest absolute Gasteiger partial charge is 0.288 e. The third-order valence-electron chi connectivity index (χ3n) is 4.39. The highest BCUT2D eigenvalue weighted by Crippen LogP contribution is 2.26. The molecule has 0 aromatic rings. The molecule has 2 aliphatic heterocycles. The Morgan fingerprint density at radius 1 is 1.00 bits per heavy atom. The van der Waals surface area contributed by atoms with Crippen molar-refractivity contribution >= 4 is 0 Å². The summed E-state index contributed by atoms with van der Waals surface area (Å²) < 4.78 is 0. The smallest absolute Gasteiger partial charge is 0.0525 e. The van der Waals surface area contributed by atoms with Gasteiger partial charge in [-0.3, -0.25) is 14.7 Å². The fraction of sp³-hybridized carbons (Fsp3) is 1.00. The lowest BCUT2D eigenvalue weighted by Crippen LogP contribution is -2.62. The van der Waals surface area contributed by atoms with Gasteiger partial charge >= 0.3 is 0 Å². The van der Waals surface area contributed by atoms with Crippen molar-refractivity contribution < 1.29 is 0 Å². The Labute approximate surface area is 107 Å². The molecule has 0 bridgehead atoms. The van der Waals surface area contributed by atoms with E-state index in [1.165, 1.54) is 25.9 Å². The van der Waals surface area contributed by atoms with Gasteiger partial charge in [0.05, 0.1) is 13.3 Å². The summed E-state index contributed by atoms with van der Waals surface area (Å²) in [6.45, 7) is 16.5. The van der Waals surface area contributed by atoms with E-state index in [-0.39, 0.29) is 0 Å². The van der Waals surface area contributed by atoms with Gasteiger partial charge in [0, 0.05) is 30.7 Å². The van der Waals surface area contributed by atoms with Crippen LogP contribution in [0.3, 0.4) is 0 Å². The van der Waals surface area contributed by atoms with Crippen LogP contribution in [0.5, 0.6) is 0 Å². The van der Waals surface area contributed by atoms with E-state index in [9.17, 15) is 0 Å². The molecular formula is C14H29N3. The molecule has 2 rings (SSSR count). The maximum absolute atomic E-state index is 2.68. The molecule has 0 saturated carbocycles. The van der Waals surface area contributed by atoms with Crippen LogP contribution in [0, 0.1) is 0 Å². The van der Waals surface area contributed by atoms with Gasteiger partial charge in [-0.15, -0.1) is 0 Å². The van der Waals surface area contributed by atoms with Crippen molar-refractivity contribution in [2.75, 3.05) is 26.4 Å². The third kappa shape index (κ3) is 3.01. The fourth-order valence-corrected chi connectivity index (χ4v) is 2.97. The second-order valence-electron chi connectivity index (χ2n) is 6.94. The molecule has 0 aliphatic carbocycles. The van der Waals surface area contributed by atoms with Crippen LogP contribution in [0.1, 0.15) is 47.5 Å². The zero-order valence-electron chi connectivity index (χ0n) is 12.2. The molecule has 0 radical (unpaired) electrons. The normalized spacial score (nSPS) is 29.6. The maximum atomic E-state index is 2.68. The molecule has 2 heterocycles. The van der Waals surface area contributed by atoms with Crippen molar-refractivity contribution in [1.82, 2.24) is 14.7 Å². The molecule has 100 valence electrons.